The topological polar surface area (TPSA) is 37.9 Å². The van der Waals surface area contributed by atoms with Crippen LogP contribution in [0.5, 0.6) is 5.75 Å². The van der Waals surface area contributed by atoms with Gasteiger partial charge in [-0.1, -0.05) is 18.2 Å². The highest BCUT2D eigenvalue weighted by Gasteiger charge is 2.30. The molecule has 4 aromatic rings. The molecule has 2 aromatic carbocycles. The maximum atomic E-state index is 12.7. The minimum absolute atomic E-state index is 0.581. The van der Waals surface area contributed by atoms with E-state index in [1.807, 2.05) is 37.4 Å². The first-order chi connectivity index (χ1) is 13.9. The molecule has 0 aliphatic rings. The van der Waals surface area contributed by atoms with Crippen LogP contribution < -0.4 is 4.74 Å². The summed E-state index contributed by atoms with van der Waals surface area (Å²) in [6.07, 6.45) is -0.794. The van der Waals surface area contributed by atoms with Gasteiger partial charge >= 0.3 is 6.18 Å². The number of halogens is 3. The van der Waals surface area contributed by atoms with Crippen molar-refractivity contribution < 1.29 is 17.9 Å². The number of hydrogen-bond donors (Lipinski definition) is 1. The standard InChI is InChI=1S/C22H19F3N2OS/c1-14-20(6-3-13-28-19-5-2-4-18-17(19)11-12-26-18)29-21(27-14)15-7-9-16(10-8-15)22(23,24)25/h2,4-5,7-12,26H,3,6,13H2,1H3. The minimum atomic E-state index is -4.33. The molecule has 0 amide bonds. The maximum Gasteiger partial charge on any atom is 0.416 e. The molecule has 0 bridgehead atoms. The van der Waals surface area contributed by atoms with Crippen LogP contribution in [0.25, 0.3) is 21.5 Å². The van der Waals surface area contributed by atoms with Crippen molar-refractivity contribution in [3.8, 4) is 16.3 Å². The van der Waals surface area contributed by atoms with Crippen LogP contribution in [0.1, 0.15) is 22.6 Å². The highest BCUT2D eigenvalue weighted by Crippen LogP contribution is 2.33. The Labute approximate surface area is 170 Å². The van der Waals surface area contributed by atoms with Crippen molar-refractivity contribution in [2.75, 3.05) is 6.61 Å². The van der Waals surface area contributed by atoms with Gasteiger partial charge in [-0.05, 0) is 50.1 Å². The summed E-state index contributed by atoms with van der Waals surface area (Å²) in [6.45, 7) is 2.51. The summed E-state index contributed by atoms with van der Waals surface area (Å²) in [5.74, 6) is 0.857. The number of alkyl halides is 3. The largest absolute Gasteiger partial charge is 0.493 e. The highest BCUT2D eigenvalue weighted by atomic mass is 32.1. The lowest BCUT2D eigenvalue weighted by Gasteiger charge is -2.07. The van der Waals surface area contributed by atoms with Gasteiger partial charge in [0.1, 0.15) is 10.8 Å². The third-order valence-electron chi connectivity index (χ3n) is 4.71. The molecule has 0 aliphatic heterocycles. The van der Waals surface area contributed by atoms with Gasteiger partial charge in [-0.15, -0.1) is 11.3 Å². The van der Waals surface area contributed by atoms with Gasteiger partial charge in [-0.2, -0.15) is 13.2 Å². The molecule has 2 aromatic heterocycles. The number of aryl methyl sites for hydroxylation is 2. The van der Waals surface area contributed by atoms with Gasteiger partial charge in [0.15, 0.2) is 0 Å². The number of aromatic amines is 1. The van der Waals surface area contributed by atoms with E-state index in [2.05, 4.69) is 9.97 Å². The smallest absolute Gasteiger partial charge is 0.416 e. The summed E-state index contributed by atoms with van der Waals surface area (Å²) in [4.78, 5) is 8.83. The predicted octanol–water partition coefficient (Wildman–Crippen LogP) is 6.63. The molecule has 0 radical (unpaired) electrons. The van der Waals surface area contributed by atoms with Crippen LogP contribution in [0.15, 0.2) is 54.7 Å². The molecule has 7 heteroatoms. The summed E-state index contributed by atoms with van der Waals surface area (Å²) in [6, 6.07) is 13.1. The van der Waals surface area contributed by atoms with E-state index in [1.165, 1.54) is 23.5 Å². The number of aromatic nitrogens is 2. The number of nitrogens with one attached hydrogen (secondary N) is 1. The van der Waals surface area contributed by atoms with Gasteiger partial charge in [0.2, 0.25) is 0 Å². The number of hydrogen-bond acceptors (Lipinski definition) is 3. The zero-order valence-electron chi connectivity index (χ0n) is 15.7. The van der Waals surface area contributed by atoms with Crippen LogP contribution >= 0.6 is 11.3 Å². The third kappa shape index (κ3) is 4.29. The zero-order chi connectivity index (χ0) is 20.4. The second-order valence-corrected chi connectivity index (χ2v) is 7.83. The van der Waals surface area contributed by atoms with Gasteiger partial charge in [-0.25, -0.2) is 4.98 Å². The Morgan fingerprint density at radius 1 is 1.07 bits per heavy atom. The van der Waals surface area contributed by atoms with Gasteiger partial charge in [-0.3, -0.25) is 0 Å². The van der Waals surface area contributed by atoms with Gasteiger partial charge in [0.25, 0.3) is 0 Å². The van der Waals surface area contributed by atoms with Crippen molar-refractivity contribution in [3.05, 3.63) is 70.9 Å². The first-order valence-electron chi connectivity index (χ1n) is 9.24. The lowest BCUT2D eigenvalue weighted by molar-refractivity contribution is -0.137. The van der Waals surface area contributed by atoms with E-state index in [4.69, 9.17) is 4.74 Å². The number of H-pyrrole nitrogens is 1. The number of ether oxygens (including phenoxy) is 1. The van der Waals surface area contributed by atoms with Crippen LogP contribution in [0.3, 0.4) is 0 Å². The van der Waals surface area contributed by atoms with Crippen LogP contribution in [0.2, 0.25) is 0 Å². The van der Waals surface area contributed by atoms with Gasteiger partial charge < -0.3 is 9.72 Å². The Bertz CT molecular complexity index is 1110. The first kappa shape index (κ1) is 19.5. The lowest BCUT2D eigenvalue weighted by atomic mass is 10.1. The normalized spacial score (nSPS) is 11.9. The van der Waals surface area contributed by atoms with E-state index in [-0.39, 0.29) is 0 Å². The third-order valence-corrected chi connectivity index (χ3v) is 5.98. The molecule has 0 atom stereocenters. The Morgan fingerprint density at radius 2 is 1.86 bits per heavy atom. The van der Waals surface area contributed by atoms with E-state index in [9.17, 15) is 13.2 Å². The SMILES string of the molecule is Cc1nc(-c2ccc(C(F)(F)F)cc2)sc1CCCOc1cccc2[nH]ccc12. The molecule has 1 N–H and O–H groups in total. The second-order valence-electron chi connectivity index (χ2n) is 6.75. The number of benzene rings is 2. The fourth-order valence-corrected chi connectivity index (χ4v) is 4.29. The van der Waals surface area contributed by atoms with Crippen molar-refractivity contribution in [3.63, 3.8) is 0 Å². The van der Waals surface area contributed by atoms with E-state index in [0.29, 0.717) is 12.2 Å². The lowest BCUT2D eigenvalue weighted by Crippen LogP contribution is -2.03. The van der Waals surface area contributed by atoms with Crippen molar-refractivity contribution in [1.82, 2.24) is 9.97 Å². The molecule has 29 heavy (non-hydrogen) atoms. The van der Waals surface area contributed by atoms with E-state index >= 15 is 0 Å². The second kappa shape index (κ2) is 7.91. The van der Waals surface area contributed by atoms with Crippen molar-refractivity contribution in [2.45, 2.75) is 25.9 Å². The number of nitrogens with zero attached hydrogens (tertiary/aromatic N) is 1. The zero-order valence-corrected chi connectivity index (χ0v) is 16.5. The molecule has 150 valence electrons. The summed E-state index contributed by atoms with van der Waals surface area (Å²) < 4.78 is 44.1. The summed E-state index contributed by atoms with van der Waals surface area (Å²) in [7, 11) is 0. The summed E-state index contributed by atoms with van der Waals surface area (Å²) in [5.41, 5.74) is 2.01. The average Bonchev–Trinajstić information content (AvgIpc) is 3.32. The number of rotatable bonds is 6. The molecule has 0 saturated carbocycles. The molecule has 4 rings (SSSR count). The van der Waals surface area contributed by atoms with Crippen LogP contribution in [-0.2, 0) is 12.6 Å². The molecule has 3 nitrogen and oxygen atoms in total. The molecule has 0 aliphatic carbocycles. The average molecular weight is 416 g/mol. The van der Waals surface area contributed by atoms with Crippen molar-refractivity contribution in [1.29, 1.82) is 0 Å². The monoisotopic (exact) mass is 416 g/mol. The molecule has 0 fully saturated rings. The van der Waals surface area contributed by atoms with Crippen molar-refractivity contribution >= 4 is 22.2 Å². The number of thiazole rings is 1. The Balaban J connectivity index is 1.38. The highest BCUT2D eigenvalue weighted by molar-refractivity contribution is 7.15. The molecule has 0 unspecified atom stereocenters. The van der Waals surface area contributed by atoms with Crippen LogP contribution in [-0.4, -0.2) is 16.6 Å². The van der Waals surface area contributed by atoms with E-state index in [0.717, 1.165) is 57.2 Å². The Morgan fingerprint density at radius 3 is 2.62 bits per heavy atom. The first-order valence-corrected chi connectivity index (χ1v) is 10.1. The van der Waals surface area contributed by atoms with E-state index < -0.39 is 11.7 Å². The molecule has 2 heterocycles. The molecular formula is C22H19F3N2OS. The predicted molar refractivity (Wildman–Crippen MR) is 109 cm³/mol. The van der Waals surface area contributed by atoms with Crippen LogP contribution in [0, 0.1) is 6.92 Å². The fourth-order valence-electron chi connectivity index (χ4n) is 3.18. The Kier molecular flexibility index (Phi) is 5.32. The summed E-state index contributed by atoms with van der Waals surface area (Å²) >= 11 is 1.52. The van der Waals surface area contributed by atoms with Crippen molar-refractivity contribution in [2.24, 2.45) is 0 Å². The maximum absolute atomic E-state index is 12.7. The fraction of sp³-hybridized carbons (Fsp3) is 0.227. The minimum Gasteiger partial charge on any atom is -0.493 e. The van der Waals surface area contributed by atoms with Gasteiger partial charge in [0, 0.05) is 27.5 Å². The van der Waals surface area contributed by atoms with E-state index in [1.54, 1.807) is 0 Å². The van der Waals surface area contributed by atoms with Crippen LogP contribution in [0.4, 0.5) is 13.2 Å². The Hall–Kier alpha value is -2.80. The number of fused-ring (bicyclic) bond motifs is 1. The molecule has 0 saturated heterocycles. The molecular weight excluding hydrogens is 397 g/mol. The quantitative estimate of drug-likeness (QED) is 0.358. The summed E-state index contributed by atoms with van der Waals surface area (Å²) in [5, 5.41) is 1.80. The van der Waals surface area contributed by atoms with Gasteiger partial charge in [0.05, 0.1) is 17.9 Å². The molecule has 0 spiro atoms.